The third-order valence-corrected chi connectivity index (χ3v) is 4.17. The van der Waals surface area contributed by atoms with E-state index in [0.29, 0.717) is 0 Å². The number of nitrogen functional groups attached to an aromatic ring is 1. The van der Waals surface area contributed by atoms with Gasteiger partial charge in [0.25, 0.3) is 0 Å². The molecule has 1 fully saturated rings. The normalized spacial score (nSPS) is 18.5. The van der Waals surface area contributed by atoms with E-state index in [1.165, 1.54) is 43.5 Å². The number of benzene rings is 1. The van der Waals surface area contributed by atoms with Gasteiger partial charge in [-0.2, -0.15) is 0 Å². The van der Waals surface area contributed by atoms with Crippen molar-refractivity contribution in [3.8, 4) is 0 Å². The highest BCUT2D eigenvalue weighted by molar-refractivity contribution is 5.49. The van der Waals surface area contributed by atoms with Crippen LogP contribution in [0.1, 0.15) is 37.3 Å². The van der Waals surface area contributed by atoms with Crippen LogP contribution in [0.4, 0.5) is 5.69 Å². The zero-order valence-electron chi connectivity index (χ0n) is 11.1. The van der Waals surface area contributed by atoms with Crippen LogP contribution in [-0.2, 0) is 6.54 Å². The Morgan fingerprint density at radius 2 is 2.00 bits per heavy atom. The molecule has 0 radical (unpaired) electrons. The first kappa shape index (κ1) is 12.4. The van der Waals surface area contributed by atoms with Crippen LogP contribution in [-0.4, -0.2) is 18.0 Å². The van der Waals surface area contributed by atoms with Gasteiger partial charge >= 0.3 is 0 Å². The van der Waals surface area contributed by atoms with Gasteiger partial charge in [-0.05, 0) is 56.0 Å². The summed E-state index contributed by atoms with van der Waals surface area (Å²) in [5.41, 5.74) is 9.52. The van der Waals surface area contributed by atoms with Gasteiger partial charge in [-0.3, -0.25) is 4.90 Å². The van der Waals surface area contributed by atoms with E-state index in [2.05, 4.69) is 30.9 Å². The largest absolute Gasteiger partial charge is 0.399 e. The molecule has 1 aliphatic rings. The fourth-order valence-corrected chi connectivity index (χ4v) is 2.67. The van der Waals surface area contributed by atoms with Crippen LogP contribution in [0.15, 0.2) is 18.2 Å². The molecule has 2 rings (SSSR count). The first-order valence-corrected chi connectivity index (χ1v) is 6.77. The van der Waals surface area contributed by atoms with Crippen LogP contribution in [0.5, 0.6) is 0 Å². The minimum atomic E-state index is 0.922. The minimum Gasteiger partial charge on any atom is -0.399 e. The fourth-order valence-electron chi connectivity index (χ4n) is 2.67. The SMILES string of the molecule is CCC1CCN(Cc2cccc(N)c2C)CC1. The summed E-state index contributed by atoms with van der Waals surface area (Å²) >= 11 is 0. The van der Waals surface area contributed by atoms with Gasteiger partial charge < -0.3 is 5.73 Å². The van der Waals surface area contributed by atoms with E-state index in [-0.39, 0.29) is 0 Å². The van der Waals surface area contributed by atoms with Gasteiger partial charge in [0.1, 0.15) is 0 Å². The zero-order chi connectivity index (χ0) is 12.3. The van der Waals surface area contributed by atoms with E-state index in [1.807, 2.05) is 6.07 Å². The third kappa shape index (κ3) is 3.01. The highest BCUT2D eigenvalue weighted by Gasteiger charge is 2.18. The molecule has 0 bridgehead atoms. The number of nitrogens with zero attached hydrogens (tertiary/aromatic N) is 1. The second-order valence-electron chi connectivity index (χ2n) is 5.26. The fraction of sp³-hybridized carbons (Fsp3) is 0.600. The molecule has 2 N–H and O–H groups in total. The summed E-state index contributed by atoms with van der Waals surface area (Å²) in [6, 6.07) is 6.26. The minimum absolute atomic E-state index is 0.922. The van der Waals surface area contributed by atoms with E-state index in [9.17, 15) is 0 Å². The molecular weight excluding hydrogens is 208 g/mol. The number of likely N-dealkylation sites (tertiary alicyclic amines) is 1. The van der Waals surface area contributed by atoms with Gasteiger partial charge in [0, 0.05) is 12.2 Å². The maximum absolute atomic E-state index is 5.95. The van der Waals surface area contributed by atoms with Crippen LogP contribution in [0, 0.1) is 12.8 Å². The van der Waals surface area contributed by atoms with Crippen molar-refractivity contribution < 1.29 is 0 Å². The number of hydrogen-bond acceptors (Lipinski definition) is 2. The van der Waals surface area contributed by atoms with E-state index in [4.69, 9.17) is 5.73 Å². The second-order valence-corrected chi connectivity index (χ2v) is 5.26. The van der Waals surface area contributed by atoms with Gasteiger partial charge in [0.15, 0.2) is 0 Å². The van der Waals surface area contributed by atoms with E-state index in [0.717, 1.165) is 18.2 Å². The number of anilines is 1. The Bertz CT molecular complexity index is 365. The lowest BCUT2D eigenvalue weighted by molar-refractivity contribution is 0.175. The van der Waals surface area contributed by atoms with Gasteiger partial charge in [0.05, 0.1) is 0 Å². The second kappa shape index (κ2) is 5.54. The lowest BCUT2D eigenvalue weighted by Crippen LogP contribution is -2.33. The zero-order valence-corrected chi connectivity index (χ0v) is 11.1. The highest BCUT2D eigenvalue weighted by atomic mass is 15.1. The van der Waals surface area contributed by atoms with E-state index < -0.39 is 0 Å². The third-order valence-electron chi connectivity index (χ3n) is 4.17. The van der Waals surface area contributed by atoms with Crippen molar-refractivity contribution in [2.45, 2.75) is 39.7 Å². The van der Waals surface area contributed by atoms with Gasteiger partial charge in [0.2, 0.25) is 0 Å². The maximum Gasteiger partial charge on any atom is 0.0346 e. The molecule has 0 atom stereocenters. The Kier molecular flexibility index (Phi) is 4.06. The van der Waals surface area contributed by atoms with Crippen LogP contribution >= 0.6 is 0 Å². The molecule has 1 aliphatic heterocycles. The number of hydrogen-bond donors (Lipinski definition) is 1. The van der Waals surface area contributed by atoms with Crippen LogP contribution in [0.25, 0.3) is 0 Å². The van der Waals surface area contributed by atoms with Crippen molar-refractivity contribution in [2.24, 2.45) is 5.92 Å². The molecule has 17 heavy (non-hydrogen) atoms. The molecule has 94 valence electrons. The first-order valence-electron chi connectivity index (χ1n) is 6.77. The molecule has 2 nitrogen and oxygen atoms in total. The average molecular weight is 232 g/mol. The van der Waals surface area contributed by atoms with Crippen molar-refractivity contribution in [1.29, 1.82) is 0 Å². The average Bonchev–Trinajstić information content (AvgIpc) is 2.36. The highest BCUT2D eigenvalue weighted by Crippen LogP contribution is 2.23. The van der Waals surface area contributed by atoms with Gasteiger partial charge in [-0.25, -0.2) is 0 Å². The van der Waals surface area contributed by atoms with Crippen LogP contribution < -0.4 is 5.73 Å². The summed E-state index contributed by atoms with van der Waals surface area (Å²) < 4.78 is 0. The maximum atomic E-state index is 5.95. The molecule has 2 heteroatoms. The predicted molar refractivity (Wildman–Crippen MR) is 73.9 cm³/mol. The van der Waals surface area contributed by atoms with Crippen LogP contribution in [0.2, 0.25) is 0 Å². The molecule has 0 aliphatic carbocycles. The molecule has 0 saturated carbocycles. The monoisotopic (exact) mass is 232 g/mol. The Balaban J connectivity index is 1.95. The Hall–Kier alpha value is -1.02. The summed E-state index contributed by atoms with van der Waals surface area (Å²) in [5.74, 6) is 0.952. The molecule has 1 aromatic rings. The van der Waals surface area contributed by atoms with Crippen molar-refractivity contribution in [1.82, 2.24) is 4.90 Å². The standard InChI is InChI=1S/C15H24N2/c1-3-13-7-9-17(10-8-13)11-14-5-4-6-15(16)12(14)2/h4-6,13H,3,7-11,16H2,1-2H3. The van der Waals surface area contributed by atoms with Crippen LogP contribution in [0.3, 0.4) is 0 Å². The molecule has 0 amide bonds. The first-order chi connectivity index (χ1) is 8.20. The lowest BCUT2D eigenvalue weighted by atomic mass is 9.94. The molecular formula is C15H24N2. The smallest absolute Gasteiger partial charge is 0.0346 e. The number of rotatable bonds is 3. The summed E-state index contributed by atoms with van der Waals surface area (Å²) in [6.45, 7) is 7.98. The van der Waals surface area contributed by atoms with Gasteiger partial charge in [-0.15, -0.1) is 0 Å². The Morgan fingerprint density at radius 3 is 2.65 bits per heavy atom. The van der Waals surface area contributed by atoms with Crippen molar-refractivity contribution in [3.63, 3.8) is 0 Å². The lowest BCUT2D eigenvalue weighted by Gasteiger charge is -2.31. The predicted octanol–water partition coefficient (Wildman–Crippen LogP) is 3.20. The summed E-state index contributed by atoms with van der Waals surface area (Å²) in [7, 11) is 0. The summed E-state index contributed by atoms with van der Waals surface area (Å²) in [5, 5.41) is 0. The number of nitrogens with two attached hydrogens (primary N) is 1. The quantitative estimate of drug-likeness (QED) is 0.811. The van der Waals surface area contributed by atoms with E-state index >= 15 is 0 Å². The van der Waals surface area contributed by atoms with Crippen molar-refractivity contribution in [2.75, 3.05) is 18.8 Å². The molecule has 1 saturated heterocycles. The Morgan fingerprint density at radius 1 is 1.29 bits per heavy atom. The molecule has 0 aromatic heterocycles. The summed E-state index contributed by atoms with van der Waals surface area (Å²) in [4.78, 5) is 2.56. The molecule has 0 unspecified atom stereocenters. The van der Waals surface area contributed by atoms with Crippen molar-refractivity contribution >= 4 is 5.69 Å². The molecule has 0 spiro atoms. The molecule has 1 aromatic carbocycles. The van der Waals surface area contributed by atoms with E-state index in [1.54, 1.807) is 0 Å². The number of piperidine rings is 1. The van der Waals surface area contributed by atoms with Crippen molar-refractivity contribution in [3.05, 3.63) is 29.3 Å². The Labute approximate surface area is 105 Å². The summed E-state index contributed by atoms with van der Waals surface area (Å²) in [6.07, 6.45) is 4.06. The molecule has 1 heterocycles. The van der Waals surface area contributed by atoms with Gasteiger partial charge in [-0.1, -0.05) is 25.5 Å². The topological polar surface area (TPSA) is 29.3 Å².